The smallest absolute Gasteiger partial charge is 0.247 e. The predicted molar refractivity (Wildman–Crippen MR) is 107 cm³/mol. The number of aromatic nitrogens is 2. The predicted octanol–water partition coefficient (Wildman–Crippen LogP) is 5.64. The SMILES string of the molecule is CCc1cccc(N[C@@H](c2nnc(-c3ccccc3)o2)c2ccccc2F)c1. The van der Waals surface area contributed by atoms with Gasteiger partial charge in [-0.15, -0.1) is 10.2 Å². The van der Waals surface area contributed by atoms with E-state index >= 15 is 0 Å². The Morgan fingerprint density at radius 1 is 0.929 bits per heavy atom. The third kappa shape index (κ3) is 3.78. The first-order valence-electron chi connectivity index (χ1n) is 9.23. The van der Waals surface area contributed by atoms with E-state index in [4.69, 9.17) is 4.42 Å². The number of benzene rings is 3. The fraction of sp³-hybridized carbons (Fsp3) is 0.130. The van der Waals surface area contributed by atoms with E-state index in [1.165, 1.54) is 11.6 Å². The quantitative estimate of drug-likeness (QED) is 0.475. The van der Waals surface area contributed by atoms with Crippen LogP contribution in [0, 0.1) is 5.82 Å². The van der Waals surface area contributed by atoms with Crippen molar-refractivity contribution < 1.29 is 8.81 Å². The van der Waals surface area contributed by atoms with Crippen LogP contribution in [0.1, 0.15) is 30.0 Å². The summed E-state index contributed by atoms with van der Waals surface area (Å²) >= 11 is 0. The first-order valence-corrected chi connectivity index (χ1v) is 9.23. The molecule has 0 saturated carbocycles. The van der Waals surface area contributed by atoms with Crippen LogP contribution in [-0.4, -0.2) is 10.2 Å². The molecule has 28 heavy (non-hydrogen) atoms. The summed E-state index contributed by atoms with van der Waals surface area (Å²) in [6, 6.07) is 23.6. The van der Waals surface area contributed by atoms with Crippen LogP contribution in [0.15, 0.2) is 83.3 Å². The van der Waals surface area contributed by atoms with E-state index in [1.807, 2.05) is 48.5 Å². The lowest BCUT2D eigenvalue weighted by Gasteiger charge is -2.18. The highest BCUT2D eigenvalue weighted by Gasteiger charge is 2.24. The summed E-state index contributed by atoms with van der Waals surface area (Å²) < 4.78 is 20.5. The van der Waals surface area contributed by atoms with Gasteiger partial charge in [-0.25, -0.2) is 4.39 Å². The Labute approximate surface area is 163 Å². The van der Waals surface area contributed by atoms with E-state index in [0.717, 1.165) is 17.7 Å². The van der Waals surface area contributed by atoms with Crippen LogP contribution in [0.5, 0.6) is 0 Å². The van der Waals surface area contributed by atoms with Gasteiger partial charge in [0.2, 0.25) is 11.8 Å². The van der Waals surface area contributed by atoms with Crippen LogP contribution < -0.4 is 5.32 Å². The van der Waals surface area contributed by atoms with Crippen LogP contribution in [0.3, 0.4) is 0 Å². The van der Waals surface area contributed by atoms with Gasteiger partial charge in [-0.1, -0.05) is 55.5 Å². The molecule has 1 aromatic heterocycles. The highest BCUT2D eigenvalue weighted by atomic mass is 19.1. The van der Waals surface area contributed by atoms with Gasteiger partial charge in [-0.3, -0.25) is 0 Å². The van der Waals surface area contributed by atoms with Gasteiger partial charge in [0.25, 0.3) is 0 Å². The summed E-state index contributed by atoms with van der Waals surface area (Å²) in [6.45, 7) is 2.09. The lowest BCUT2D eigenvalue weighted by Crippen LogP contribution is -2.14. The molecular weight excluding hydrogens is 353 g/mol. The third-order valence-electron chi connectivity index (χ3n) is 4.57. The molecule has 0 amide bonds. The molecule has 1 heterocycles. The van der Waals surface area contributed by atoms with Crippen molar-refractivity contribution in [1.82, 2.24) is 10.2 Å². The highest BCUT2D eigenvalue weighted by Crippen LogP contribution is 2.30. The van der Waals surface area contributed by atoms with E-state index in [2.05, 4.69) is 28.5 Å². The van der Waals surface area contributed by atoms with Crippen molar-refractivity contribution in [3.05, 3.63) is 102 Å². The zero-order valence-electron chi connectivity index (χ0n) is 15.5. The van der Waals surface area contributed by atoms with E-state index in [0.29, 0.717) is 17.3 Å². The molecule has 1 N–H and O–H groups in total. The summed E-state index contributed by atoms with van der Waals surface area (Å²) in [5.41, 5.74) is 3.33. The topological polar surface area (TPSA) is 51.0 Å². The maximum Gasteiger partial charge on any atom is 0.247 e. The van der Waals surface area contributed by atoms with E-state index in [1.54, 1.807) is 18.2 Å². The number of anilines is 1. The lowest BCUT2D eigenvalue weighted by atomic mass is 10.0. The summed E-state index contributed by atoms with van der Waals surface area (Å²) in [5.74, 6) is 0.387. The highest BCUT2D eigenvalue weighted by molar-refractivity contribution is 5.53. The molecule has 3 aromatic carbocycles. The van der Waals surface area contributed by atoms with Crippen LogP contribution in [0.4, 0.5) is 10.1 Å². The van der Waals surface area contributed by atoms with Crippen molar-refractivity contribution in [2.45, 2.75) is 19.4 Å². The second-order valence-electron chi connectivity index (χ2n) is 6.46. The molecule has 1 atom stereocenters. The lowest BCUT2D eigenvalue weighted by molar-refractivity contribution is 0.485. The van der Waals surface area contributed by atoms with E-state index < -0.39 is 6.04 Å². The zero-order valence-corrected chi connectivity index (χ0v) is 15.5. The number of nitrogens with one attached hydrogen (secondary N) is 1. The minimum Gasteiger partial charge on any atom is -0.418 e. The first-order chi connectivity index (χ1) is 13.7. The molecule has 4 aromatic rings. The molecule has 0 unspecified atom stereocenters. The average molecular weight is 373 g/mol. The van der Waals surface area contributed by atoms with Crippen LogP contribution >= 0.6 is 0 Å². The zero-order chi connectivity index (χ0) is 19.3. The molecule has 0 saturated heterocycles. The number of aryl methyl sites for hydroxylation is 1. The molecule has 0 radical (unpaired) electrons. The number of nitrogens with zero attached hydrogens (tertiary/aromatic N) is 2. The first kappa shape index (κ1) is 17.9. The Bertz CT molecular complexity index is 1060. The van der Waals surface area contributed by atoms with Gasteiger partial charge in [-0.2, -0.15) is 0 Å². The van der Waals surface area contributed by atoms with Crippen molar-refractivity contribution in [3.8, 4) is 11.5 Å². The Kier molecular flexibility index (Phi) is 5.15. The van der Waals surface area contributed by atoms with Gasteiger partial charge in [-0.05, 0) is 42.3 Å². The van der Waals surface area contributed by atoms with Crippen molar-refractivity contribution in [2.24, 2.45) is 0 Å². The molecule has 4 rings (SSSR count). The molecule has 0 aliphatic heterocycles. The second kappa shape index (κ2) is 8.05. The standard InChI is InChI=1S/C23H20FN3O/c1-2-16-9-8-12-18(15-16)25-21(19-13-6-7-14-20(19)24)23-27-26-22(28-23)17-10-4-3-5-11-17/h3-15,21,25H,2H2,1H3/t21-/m1/s1. The molecule has 0 aliphatic rings. The molecule has 140 valence electrons. The average Bonchev–Trinajstić information content (AvgIpc) is 3.23. The minimum absolute atomic E-state index is 0.311. The van der Waals surface area contributed by atoms with E-state index in [-0.39, 0.29) is 5.82 Å². The number of halogens is 1. The Morgan fingerprint density at radius 2 is 1.71 bits per heavy atom. The number of hydrogen-bond donors (Lipinski definition) is 1. The summed E-state index contributed by atoms with van der Waals surface area (Å²) in [7, 11) is 0. The minimum atomic E-state index is -0.599. The summed E-state index contributed by atoms with van der Waals surface area (Å²) in [6.07, 6.45) is 0.915. The Hall–Kier alpha value is -3.47. The maximum atomic E-state index is 14.6. The van der Waals surface area contributed by atoms with Crippen LogP contribution in [-0.2, 0) is 6.42 Å². The molecular formula is C23H20FN3O. The fourth-order valence-electron chi connectivity index (χ4n) is 3.08. The van der Waals surface area contributed by atoms with Crippen LogP contribution in [0.2, 0.25) is 0 Å². The Balaban J connectivity index is 1.73. The molecule has 4 nitrogen and oxygen atoms in total. The van der Waals surface area contributed by atoms with Crippen LogP contribution in [0.25, 0.3) is 11.5 Å². The fourth-order valence-corrected chi connectivity index (χ4v) is 3.08. The van der Waals surface area contributed by atoms with Gasteiger partial charge in [0, 0.05) is 16.8 Å². The molecule has 0 fully saturated rings. The normalized spacial score (nSPS) is 11.9. The van der Waals surface area contributed by atoms with Gasteiger partial charge in [0.05, 0.1) is 0 Å². The maximum absolute atomic E-state index is 14.6. The number of rotatable bonds is 6. The van der Waals surface area contributed by atoms with Crippen molar-refractivity contribution in [3.63, 3.8) is 0 Å². The Morgan fingerprint density at radius 3 is 2.50 bits per heavy atom. The molecule has 0 spiro atoms. The monoisotopic (exact) mass is 373 g/mol. The largest absolute Gasteiger partial charge is 0.418 e. The molecule has 5 heteroatoms. The van der Waals surface area contributed by atoms with Crippen molar-refractivity contribution in [1.29, 1.82) is 0 Å². The molecule has 0 bridgehead atoms. The molecule has 0 aliphatic carbocycles. The van der Waals surface area contributed by atoms with Gasteiger partial charge >= 0.3 is 0 Å². The third-order valence-corrected chi connectivity index (χ3v) is 4.57. The summed E-state index contributed by atoms with van der Waals surface area (Å²) in [4.78, 5) is 0. The van der Waals surface area contributed by atoms with E-state index in [9.17, 15) is 4.39 Å². The van der Waals surface area contributed by atoms with Crippen molar-refractivity contribution in [2.75, 3.05) is 5.32 Å². The van der Waals surface area contributed by atoms with Gasteiger partial charge in [0.1, 0.15) is 11.9 Å². The van der Waals surface area contributed by atoms with Gasteiger partial charge in [0.15, 0.2) is 0 Å². The van der Waals surface area contributed by atoms with Crippen molar-refractivity contribution >= 4 is 5.69 Å². The summed E-state index contributed by atoms with van der Waals surface area (Å²) in [5, 5.41) is 11.7. The van der Waals surface area contributed by atoms with Gasteiger partial charge < -0.3 is 9.73 Å². The second-order valence-corrected chi connectivity index (χ2v) is 6.46. The number of hydrogen-bond acceptors (Lipinski definition) is 4.